The molecular formula is C15H22FNO3. The molecule has 0 radical (unpaired) electrons. The number of carboxylic acids is 1. The summed E-state index contributed by atoms with van der Waals surface area (Å²) in [6, 6.07) is 4.68. The van der Waals surface area contributed by atoms with Crippen molar-refractivity contribution in [2.75, 3.05) is 13.7 Å². The van der Waals surface area contributed by atoms with Crippen molar-refractivity contribution in [1.29, 1.82) is 0 Å². The molecular weight excluding hydrogens is 261 g/mol. The zero-order valence-corrected chi connectivity index (χ0v) is 12.2. The van der Waals surface area contributed by atoms with Crippen LogP contribution in [0.15, 0.2) is 18.2 Å². The first kappa shape index (κ1) is 16.4. The van der Waals surface area contributed by atoms with Gasteiger partial charge in [-0.15, -0.1) is 0 Å². The third kappa shape index (κ3) is 3.93. The lowest BCUT2D eigenvalue weighted by Crippen LogP contribution is -2.50. The van der Waals surface area contributed by atoms with Crippen molar-refractivity contribution in [2.45, 2.75) is 38.6 Å². The first-order valence-electron chi connectivity index (χ1n) is 6.76. The minimum atomic E-state index is -0.936. The summed E-state index contributed by atoms with van der Waals surface area (Å²) >= 11 is 0. The summed E-state index contributed by atoms with van der Waals surface area (Å²) in [7, 11) is 1.64. The molecule has 0 amide bonds. The Labute approximate surface area is 119 Å². The van der Waals surface area contributed by atoms with Crippen LogP contribution in [-0.4, -0.2) is 30.3 Å². The lowest BCUT2D eigenvalue weighted by molar-refractivity contribution is -0.145. The van der Waals surface area contributed by atoms with Gasteiger partial charge < -0.3 is 15.2 Å². The molecule has 0 aliphatic carbocycles. The van der Waals surface area contributed by atoms with Gasteiger partial charge in [0.1, 0.15) is 5.54 Å². The third-order valence-electron chi connectivity index (χ3n) is 3.58. The fourth-order valence-corrected chi connectivity index (χ4v) is 2.12. The van der Waals surface area contributed by atoms with E-state index in [1.54, 1.807) is 19.2 Å². The number of carbonyl (C=O) groups is 1. The monoisotopic (exact) mass is 283 g/mol. The molecule has 1 unspecified atom stereocenters. The van der Waals surface area contributed by atoms with Crippen molar-refractivity contribution in [2.24, 2.45) is 0 Å². The van der Waals surface area contributed by atoms with Crippen LogP contribution in [0.5, 0.6) is 5.75 Å². The zero-order valence-electron chi connectivity index (χ0n) is 12.2. The van der Waals surface area contributed by atoms with Gasteiger partial charge in [0.2, 0.25) is 0 Å². The molecule has 1 aromatic rings. The van der Waals surface area contributed by atoms with Crippen molar-refractivity contribution in [3.8, 4) is 5.75 Å². The highest BCUT2D eigenvalue weighted by Gasteiger charge is 2.34. The average Bonchev–Trinajstić information content (AvgIpc) is 2.43. The molecule has 0 aromatic heterocycles. The van der Waals surface area contributed by atoms with E-state index in [1.165, 1.54) is 6.07 Å². The van der Waals surface area contributed by atoms with Crippen molar-refractivity contribution >= 4 is 5.97 Å². The van der Waals surface area contributed by atoms with Gasteiger partial charge in [-0.05, 0) is 50.9 Å². The van der Waals surface area contributed by atoms with Crippen LogP contribution in [0.4, 0.5) is 4.39 Å². The molecule has 1 aromatic carbocycles. The molecule has 0 spiro atoms. The maximum absolute atomic E-state index is 13.5. The lowest BCUT2D eigenvalue weighted by atomic mass is 9.91. The number of hydrogen-bond donors (Lipinski definition) is 2. The molecule has 1 rings (SSSR count). The Morgan fingerprint density at radius 3 is 2.75 bits per heavy atom. The molecule has 0 aliphatic heterocycles. The summed E-state index contributed by atoms with van der Waals surface area (Å²) in [6.45, 7) is 3.97. The van der Waals surface area contributed by atoms with Gasteiger partial charge in [0.25, 0.3) is 0 Å². The Morgan fingerprint density at radius 1 is 1.50 bits per heavy atom. The van der Waals surface area contributed by atoms with Crippen molar-refractivity contribution in [1.82, 2.24) is 5.32 Å². The second-order valence-corrected chi connectivity index (χ2v) is 4.88. The van der Waals surface area contributed by atoms with Crippen molar-refractivity contribution in [3.63, 3.8) is 0 Å². The summed E-state index contributed by atoms with van der Waals surface area (Å²) in [6.07, 6.45) is 1.45. The van der Waals surface area contributed by atoms with E-state index < -0.39 is 17.3 Å². The quantitative estimate of drug-likeness (QED) is 0.720. The van der Waals surface area contributed by atoms with E-state index in [0.29, 0.717) is 19.3 Å². The Bertz CT molecular complexity index is 458. The predicted molar refractivity (Wildman–Crippen MR) is 75.6 cm³/mol. The zero-order chi connectivity index (χ0) is 15.2. The number of rotatable bonds is 8. The van der Waals surface area contributed by atoms with Crippen LogP contribution in [0.3, 0.4) is 0 Å². The fraction of sp³-hybridized carbons (Fsp3) is 0.533. The van der Waals surface area contributed by atoms with Gasteiger partial charge in [-0.3, -0.25) is 4.79 Å². The van der Waals surface area contributed by atoms with Gasteiger partial charge >= 0.3 is 5.97 Å². The number of benzene rings is 1. The van der Waals surface area contributed by atoms with Crippen LogP contribution >= 0.6 is 0 Å². The highest BCUT2D eigenvalue weighted by molar-refractivity contribution is 5.78. The molecule has 0 saturated heterocycles. The van der Waals surface area contributed by atoms with E-state index in [0.717, 1.165) is 5.56 Å². The summed E-state index contributed by atoms with van der Waals surface area (Å²) < 4.78 is 18.8. The van der Waals surface area contributed by atoms with Crippen LogP contribution < -0.4 is 10.1 Å². The van der Waals surface area contributed by atoms with Crippen LogP contribution in [0, 0.1) is 12.7 Å². The van der Waals surface area contributed by atoms with Gasteiger partial charge in [-0.1, -0.05) is 13.0 Å². The molecule has 20 heavy (non-hydrogen) atoms. The Kier molecular flexibility index (Phi) is 5.95. The van der Waals surface area contributed by atoms with Crippen LogP contribution in [0.25, 0.3) is 0 Å². The fourth-order valence-electron chi connectivity index (χ4n) is 2.12. The second kappa shape index (κ2) is 7.24. The second-order valence-electron chi connectivity index (χ2n) is 4.88. The summed E-state index contributed by atoms with van der Waals surface area (Å²) in [4.78, 5) is 11.3. The van der Waals surface area contributed by atoms with E-state index >= 15 is 0 Å². The number of aliphatic carboxylic acids is 1. The first-order valence-corrected chi connectivity index (χ1v) is 6.76. The maximum atomic E-state index is 13.5. The molecule has 1 atom stereocenters. The number of carboxylic acid groups (broad SMARTS) is 1. The molecule has 0 aliphatic rings. The molecule has 0 bridgehead atoms. The minimum absolute atomic E-state index is 0.215. The normalized spacial score (nSPS) is 13.8. The van der Waals surface area contributed by atoms with Crippen LogP contribution in [0.2, 0.25) is 0 Å². The molecule has 4 nitrogen and oxygen atoms in total. The molecule has 0 heterocycles. The van der Waals surface area contributed by atoms with E-state index in [4.69, 9.17) is 4.74 Å². The summed E-state index contributed by atoms with van der Waals surface area (Å²) in [5.41, 5.74) is -0.0146. The van der Waals surface area contributed by atoms with Gasteiger partial charge in [-0.25, -0.2) is 4.39 Å². The van der Waals surface area contributed by atoms with Crippen molar-refractivity contribution < 1.29 is 19.0 Å². The Hall–Kier alpha value is -1.62. The number of ether oxygens (including phenoxy) is 1. The summed E-state index contributed by atoms with van der Waals surface area (Å²) in [5, 5.41) is 12.1. The largest absolute Gasteiger partial charge is 0.491 e. The minimum Gasteiger partial charge on any atom is -0.491 e. The highest BCUT2D eigenvalue weighted by atomic mass is 19.1. The van der Waals surface area contributed by atoms with E-state index in [9.17, 15) is 14.3 Å². The molecule has 112 valence electrons. The number of hydrogen-bond acceptors (Lipinski definition) is 3. The maximum Gasteiger partial charge on any atom is 0.323 e. The third-order valence-corrected chi connectivity index (χ3v) is 3.58. The smallest absolute Gasteiger partial charge is 0.323 e. The van der Waals surface area contributed by atoms with Crippen molar-refractivity contribution in [3.05, 3.63) is 29.6 Å². The summed E-state index contributed by atoms with van der Waals surface area (Å²) in [5.74, 6) is -1.06. The SMILES string of the molecule is CCC(CCCOc1cc(C)ccc1F)(NC)C(=O)O. The van der Waals surface area contributed by atoms with Gasteiger partial charge in [-0.2, -0.15) is 0 Å². The first-order chi connectivity index (χ1) is 9.45. The van der Waals surface area contributed by atoms with E-state index in [2.05, 4.69) is 5.32 Å². The lowest BCUT2D eigenvalue weighted by Gasteiger charge is -2.27. The standard InChI is InChI=1S/C15H22FNO3/c1-4-15(17-3,14(18)19)8-5-9-20-13-10-11(2)6-7-12(13)16/h6-7,10,17H,4-5,8-9H2,1-3H3,(H,18,19). The van der Waals surface area contributed by atoms with E-state index in [-0.39, 0.29) is 12.4 Å². The highest BCUT2D eigenvalue weighted by Crippen LogP contribution is 2.21. The predicted octanol–water partition coefficient (Wildman–Crippen LogP) is 2.75. The van der Waals surface area contributed by atoms with Crippen LogP contribution in [-0.2, 0) is 4.79 Å². The number of likely N-dealkylation sites (N-methyl/N-ethyl adjacent to an activating group) is 1. The molecule has 2 N–H and O–H groups in total. The van der Waals surface area contributed by atoms with Gasteiger partial charge in [0.15, 0.2) is 11.6 Å². The van der Waals surface area contributed by atoms with Gasteiger partial charge in [0, 0.05) is 0 Å². The topological polar surface area (TPSA) is 58.6 Å². The molecule has 0 fully saturated rings. The molecule has 5 heteroatoms. The number of aryl methyl sites for hydroxylation is 1. The average molecular weight is 283 g/mol. The number of halogens is 1. The Morgan fingerprint density at radius 2 is 2.20 bits per heavy atom. The van der Waals surface area contributed by atoms with Gasteiger partial charge in [0.05, 0.1) is 6.61 Å². The molecule has 0 saturated carbocycles. The van der Waals surface area contributed by atoms with Crippen LogP contribution in [0.1, 0.15) is 31.7 Å². The Balaban J connectivity index is 2.52. The van der Waals surface area contributed by atoms with E-state index in [1.807, 2.05) is 13.8 Å². The number of nitrogens with one attached hydrogen (secondary N) is 1.